The van der Waals surface area contributed by atoms with Gasteiger partial charge in [0.25, 0.3) is 0 Å². The lowest BCUT2D eigenvalue weighted by molar-refractivity contribution is -0.191. The Hall–Kier alpha value is -1.11. The molecule has 1 aliphatic carbocycles. The lowest BCUT2D eigenvalue weighted by atomic mass is 9.86. The molecule has 2 fully saturated rings. The van der Waals surface area contributed by atoms with Crippen molar-refractivity contribution in [2.24, 2.45) is 5.92 Å². The average Bonchev–Trinajstić information content (AvgIpc) is 3.17. The zero-order valence-electron chi connectivity index (χ0n) is 12.0. The van der Waals surface area contributed by atoms with E-state index in [-0.39, 0.29) is 24.8 Å². The number of hydrogen-bond acceptors (Lipinski definition) is 4. The molecule has 1 N–H and O–H groups in total. The van der Waals surface area contributed by atoms with Crippen molar-refractivity contribution in [3.05, 3.63) is 11.7 Å². The maximum Gasteiger partial charge on any atom is 0.404 e. The predicted octanol–water partition coefficient (Wildman–Crippen LogP) is 3.16. The summed E-state index contributed by atoms with van der Waals surface area (Å²) in [7, 11) is 0. The van der Waals surface area contributed by atoms with Crippen LogP contribution in [0, 0.1) is 5.92 Å². The SMILES string of the molecule is CCC1CCC(c2noc(C3(C(F)(F)F)CCNC3)n2)C1. The smallest absolute Gasteiger partial charge is 0.338 e. The second kappa shape index (κ2) is 5.26. The van der Waals surface area contributed by atoms with E-state index in [1.54, 1.807) is 0 Å². The topological polar surface area (TPSA) is 51.0 Å². The van der Waals surface area contributed by atoms with E-state index in [1.807, 2.05) is 0 Å². The summed E-state index contributed by atoms with van der Waals surface area (Å²) < 4.78 is 45.3. The summed E-state index contributed by atoms with van der Waals surface area (Å²) in [5.41, 5.74) is -2.01. The normalized spacial score (nSPS) is 33.7. The van der Waals surface area contributed by atoms with Crippen molar-refractivity contribution < 1.29 is 17.7 Å². The van der Waals surface area contributed by atoms with Gasteiger partial charge in [-0.1, -0.05) is 18.5 Å². The lowest BCUT2D eigenvalue weighted by Crippen LogP contribution is -2.44. The molecule has 0 bridgehead atoms. The van der Waals surface area contributed by atoms with Crippen LogP contribution in [-0.4, -0.2) is 29.4 Å². The minimum Gasteiger partial charge on any atom is -0.338 e. The molecule has 0 spiro atoms. The second-order valence-electron chi connectivity index (χ2n) is 6.25. The Morgan fingerprint density at radius 2 is 2.19 bits per heavy atom. The fraction of sp³-hybridized carbons (Fsp3) is 0.857. The fourth-order valence-electron chi connectivity index (χ4n) is 3.51. The molecular formula is C14H20F3N3O. The van der Waals surface area contributed by atoms with Crippen molar-refractivity contribution in [2.45, 2.75) is 56.5 Å². The summed E-state index contributed by atoms with van der Waals surface area (Å²) >= 11 is 0. The van der Waals surface area contributed by atoms with Gasteiger partial charge in [-0.15, -0.1) is 0 Å². The fourth-order valence-corrected chi connectivity index (χ4v) is 3.51. The van der Waals surface area contributed by atoms with Crippen molar-refractivity contribution in [1.82, 2.24) is 15.5 Å². The van der Waals surface area contributed by atoms with Gasteiger partial charge < -0.3 is 9.84 Å². The van der Waals surface area contributed by atoms with Crippen LogP contribution in [0.2, 0.25) is 0 Å². The van der Waals surface area contributed by atoms with Gasteiger partial charge in [0, 0.05) is 12.5 Å². The molecule has 21 heavy (non-hydrogen) atoms. The van der Waals surface area contributed by atoms with Crippen LogP contribution in [-0.2, 0) is 5.41 Å². The van der Waals surface area contributed by atoms with Crippen LogP contribution in [0.4, 0.5) is 13.2 Å². The van der Waals surface area contributed by atoms with Crippen LogP contribution < -0.4 is 5.32 Å². The van der Waals surface area contributed by atoms with E-state index >= 15 is 0 Å². The molecule has 4 nitrogen and oxygen atoms in total. The molecule has 1 aromatic heterocycles. The molecule has 118 valence electrons. The van der Waals surface area contributed by atoms with Gasteiger partial charge >= 0.3 is 6.18 Å². The predicted molar refractivity (Wildman–Crippen MR) is 69.9 cm³/mol. The van der Waals surface area contributed by atoms with Gasteiger partial charge in [-0.05, 0) is 38.1 Å². The molecule has 2 heterocycles. The highest BCUT2D eigenvalue weighted by molar-refractivity contribution is 5.15. The van der Waals surface area contributed by atoms with E-state index in [0.717, 1.165) is 25.7 Å². The van der Waals surface area contributed by atoms with Crippen molar-refractivity contribution in [3.63, 3.8) is 0 Å². The van der Waals surface area contributed by atoms with Gasteiger partial charge in [-0.2, -0.15) is 18.2 Å². The number of halogens is 3. The van der Waals surface area contributed by atoms with Crippen molar-refractivity contribution in [2.75, 3.05) is 13.1 Å². The Morgan fingerprint density at radius 1 is 1.38 bits per heavy atom. The summed E-state index contributed by atoms with van der Waals surface area (Å²) in [5, 5.41) is 6.62. The maximum atomic E-state index is 13.4. The largest absolute Gasteiger partial charge is 0.404 e. The molecule has 2 aliphatic rings. The zero-order chi connectivity index (χ0) is 15.1. The van der Waals surface area contributed by atoms with Crippen LogP contribution in [0.5, 0.6) is 0 Å². The minimum atomic E-state index is -4.37. The number of rotatable bonds is 3. The lowest BCUT2D eigenvalue weighted by Gasteiger charge is -2.26. The molecule has 7 heteroatoms. The number of nitrogens with one attached hydrogen (secondary N) is 1. The van der Waals surface area contributed by atoms with E-state index in [2.05, 4.69) is 22.4 Å². The van der Waals surface area contributed by atoms with Crippen LogP contribution in [0.25, 0.3) is 0 Å². The highest BCUT2D eigenvalue weighted by Gasteiger charge is 2.61. The average molecular weight is 303 g/mol. The number of nitrogens with zero attached hydrogens (tertiary/aromatic N) is 2. The Labute approximate surface area is 121 Å². The standard InChI is InChI=1S/C14H20F3N3O/c1-2-9-3-4-10(7-9)11-19-12(21-20-11)13(14(15,16)17)5-6-18-8-13/h9-10,18H,2-8H2,1H3. The number of alkyl halides is 3. The maximum absolute atomic E-state index is 13.4. The molecule has 3 rings (SSSR count). The Kier molecular flexibility index (Phi) is 3.71. The molecule has 1 aliphatic heterocycles. The summed E-state index contributed by atoms with van der Waals surface area (Å²) in [6, 6.07) is 0. The third kappa shape index (κ3) is 2.45. The van der Waals surface area contributed by atoms with Gasteiger partial charge in [0.05, 0.1) is 0 Å². The van der Waals surface area contributed by atoms with E-state index < -0.39 is 11.6 Å². The van der Waals surface area contributed by atoms with Crippen LogP contribution in [0.3, 0.4) is 0 Å². The van der Waals surface area contributed by atoms with E-state index in [0.29, 0.717) is 18.3 Å². The second-order valence-corrected chi connectivity index (χ2v) is 6.25. The monoisotopic (exact) mass is 303 g/mol. The number of aromatic nitrogens is 2. The highest BCUT2D eigenvalue weighted by atomic mass is 19.4. The molecule has 0 amide bonds. The van der Waals surface area contributed by atoms with Crippen LogP contribution >= 0.6 is 0 Å². The molecule has 0 radical (unpaired) electrons. The molecule has 1 aromatic rings. The van der Waals surface area contributed by atoms with Gasteiger partial charge in [0.15, 0.2) is 11.2 Å². The zero-order valence-corrected chi connectivity index (χ0v) is 12.0. The highest BCUT2D eigenvalue weighted by Crippen LogP contribution is 2.46. The Balaban J connectivity index is 1.84. The number of hydrogen-bond donors (Lipinski definition) is 1. The third-order valence-corrected chi connectivity index (χ3v) is 5.03. The van der Waals surface area contributed by atoms with Crippen LogP contribution in [0.15, 0.2) is 4.52 Å². The van der Waals surface area contributed by atoms with Crippen molar-refractivity contribution in [1.29, 1.82) is 0 Å². The Morgan fingerprint density at radius 3 is 2.76 bits per heavy atom. The first-order valence-corrected chi connectivity index (χ1v) is 7.58. The van der Waals surface area contributed by atoms with E-state index in [1.165, 1.54) is 0 Å². The molecule has 1 saturated heterocycles. The first-order valence-electron chi connectivity index (χ1n) is 7.58. The third-order valence-electron chi connectivity index (χ3n) is 5.03. The summed E-state index contributed by atoms with van der Waals surface area (Å²) in [5.74, 6) is 0.959. The minimum absolute atomic E-state index is 0.0413. The summed E-state index contributed by atoms with van der Waals surface area (Å²) in [6.45, 7) is 2.27. The molecule has 3 atom stereocenters. The summed E-state index contributed by atoms with van der Waals surface area (Å²) in [6.07, 6.45) is -0.335. The molecule has 1 saturated carbocycles. The van der Waals surface area contributed by atoms with Crippen LogP contribution in [0.1, 0.15) is 56.7 Å². The quantitative estimate of drug-likeness (QED) is 0.932. The van der Waals surface area contributed by atoms with E-state index in [9.17, 15) is 13.2 Å². The Bertz CT molecular complexity index is 494. The molecule has 3 unspecified atom stereocenters. The molecule has 0 aromatic carbocycles. The van der Waals surface area contributed by atoms with E-state index in [4.69, 9.17) is 4.52 Å². The molecular weight excluding hydrogens is 283 g/mol. The van der Waals surface area contributed by atoms with Gasteiger partial charge in [-0.3, -0.25) is 0 Å². The first kappa shape index (κ1) is 14.8. The van der Waals surface area contributed by atoms with Crippen molar-refractivity contribution >= 4 is 0 Å². The van der Waals surface area contributed by atoms with Gasteiger partial charge in [0.1, 0.15) is 0 Å². The first-order chi connectivity index (χ1) is 9.96. The van der Waals surface area contributed by atoms with Crippen molar-refractivity contribution in [3.8, 4) is 0 Å². The van der Waals surface area contributed by atoms with Gasteiger partial charge in [-0.25, -0.2) is 0 Å². The summed E-state index contributed by atoms with van der Waals surface area (Å²) in [4.78, 5) is 4.14. The van der Waals surface area contributed by atoms with Gasteiger partial charge in [0.2, 0.25) is 5.89 Å².